The summed E-state index contributed by atoms with van der Waals surface area (Å²) < 4.78 is 6.21. The summed E-state index contributed by atoms with van der Waals surface area (Å²) in [7, 11) is 1.62. The molecule has 1 aliphatic rings. The molecular formula is C18H20ClNO2S. The lowest BCUT2D eigenvalue weighted by Crippen LogP contribution is -2.24. The van der Waals surface area contributed by atoms with E-state index < -0.39 is 0 Å². The molecule has 0 bridgehead atoms. The standard InChI is InChI=1S/C18H20ClNO2S/c1-22-13-7-8-15-14(11-13)16(19)17(23-15)18(21)20-10-9-12-5-3-2-4-6-12/h5,7-8,11H,2-4,6,9-10H2,1H3,(H,20,21). The number of benzene rings is 1. The molecule has 0 fully saturated rings. The molecule has 0 atom stereocenters. The molecule has 122 valence electrons. The van der Waals surface area contributed by atoms with Crippen LogP contribution in [-0.2, 0) is 0 Å². The Morgan fingerprint density at radius 3 is 3.00 bits per heavy atom. The monoisotopic (exact) mass is 349 g/mol. The van der Waals surface area contributed by atoms with E-state index in [1.54, 1.807) is 7.11 Å². The molecule has 3 rings (SSSR count). The maximum Gasteiger partial charge on any atom is 0.262 e. The topological polar surface area (TPSA) is 38.3 Å². The normalized spacial score (nSPS) is 14.6. The second kappa shape index (κ2) is 7.37. The van der Waals surface area contributed by atoms with Crippen LogP contribution in [0.15, 0.2) is 29.8 Å². The third-order valence-electron chi connectivity index (χ3n) is 4.16. The minimum atomic E-state index is -0.0911. The first-order valence-corrected chi connectivity index (χ1v) is 9.10. The van der Waals surface area contributed by atoms with E-state index in [4.69, 9.17) is 16.3 Å². The van der Waals surface area contributed by atoms with Crippen LogP contribution < -0.4 is 10.1 Å². The van der Waals surface area contributed by atoms with Crippen LogP contribution in [0.5, 0.6) is 5.75 Å². The fourth-order valence-electron chi connectivity index (χ4n) is 2.87. The van der Waals surface area contributed by atoms with E-state index in [9.17, 15) is 4.79 Å². The molecule has 2 aromatic rings. The Morgan fingerprint density at radius 2 is 2.26 bits per heavy atom. The van der Waals surface area contributed by atoms with Crippen molar-refractivity contribution in [1.29, 1.82) is 0 Å². The number of thiophene rings is 1. The number of fused-ring (bicyclic) bond motifs is 1. The summed E-state index contributed by atoms with van der Waals surface area (Å²) >= 11 is 7.81. The summed E-state index contributed by atoms with van der Waals surface area (Å²) in [6, 6.07) is 5.69. The third kappa shape index (κ3) is 3.70. The van der Waals surface area contributed by atoms with Crippen LogP contribution >= 0.6 is 22.9 Å². The molecule has 3 nitrogen and oxygen atoms in total. The number of carbonyl (C=O) groups excluding carboxylic acids is 1. The molecule has 1 heterocycles. The van der Waals surface area contributed by atoms with Gasteiger partial charge in [0.1, 0.15) is 10.6 Å². The maximum absolute atomic E-state index is 12.4. The molecule has 1 aromatic carbocycles. The van der Waals surface area contributed by atoms with E-state index in [0.29, 0.717) is 16.4 Å². The van der Waals surface area contributed by atoms with E-state index in [1.165, 1.54) is 42.6 Å². The molecule has 1 N–H and O–H groups in total. The summed E-state index contributed by atoms with van der Waals surface area (Å²) in [4.78, 5) is 13.0. The molecule has 0 saturated carbocycles. The van der Waals surface area contributed by atoms with Gasteiger partial charge in [0.05, 0.1) is 12.1 Å². The number of hydrogen-bond acceptors (Lipinski definition) is 3. The van der Waals surface area contributed by atoms with Crippen LogP contribution in [-0.4, -0.2) is 19.6 Å². The molecule has 0 aliphatic heterocycles. The summed E-state index contributed by atoms with van der Waals surface area (Å²) in [6.45, 7) is 0.665. The molecule has 1 amide bonds. The highest BCUT2D eigenvalue weighted by Gasteiger charge is 2.17. The van der Waals surface area contributed by atoms with E-state index in [0.717, 1.165) is 22.3 Å². The minimum Gasteiger partial charge on any atom is -0.497 e. The van der Waals surface area contributed by atoms with Crippen molar-refractivity contribution in [1.82, 2.24) is 5.32 Å². The van der Waals surface area contributed by atoms with E-state index >= 15 is 0 Å². The highest BCUT2D eigenvalue weighted by atomic mass is 35.5. The predicted octanol–water partition coefficient (Wildman–Crippen LogP) is 5.18. The van der Waals surface area contributed by atoms with E-state index in [-0.39, 0.29) is 5.91 Å². The SMILES string of the molecule is COc1ccc2sc(C(=O)NCCC3=CCCCC3)c(Cl)c2c1. The van der Waals surface area contributed by atoms with Crippen molar-refractivity contribution < 1.29 is 9.53 Å². The first kappa shape index (κ1) is 16.3. The average Bonchev–Trinajstić information content (AvgIpc) is 2.92. The fourth-order valence-corrected chi connectivity index (χ4v) is 4.27. The van der Waals surface area contributed by atoms with E-state index in [1.807, 2.05) is 18.2 Å². The summed E-state index contributed by atoms with van der Waals surface area (Å²) in [5, 5.41) is 4.38. The van der Waals surface area contributed by atoms with Crippen molar-refractivity contribution in [2.75, 3.05) is 13.7 Å². The van der Waals surface area contributed by atoms with Gasteiger partial charge in [0.15, 0.2) is 0 Å². The van der Waals surface area contributed by atoms with Crippen LogP contribution in [0.3, 0.4) is 0 Å². The Morgan fingerprint density at radius 1 is 1.39 bits per heavy atom. The van der Waals surface area contributed by atoms with Gasteiger partial charge in [-0.25, -0.2) is 0 Å². The largest absolute Gasteiger partial charge is 0.497 e. The lowest BCUT2D eigenvalue weighted by atomic mass is 9.97. The molecule has 0 saturated heterocycles. The summed E-state index contributed by atoms with van der Waals surface area (Å²) in [5.41, 5.74) is 1.46. The Kier molecular flexibility index (Phi) is 5.23. The van der Waals surface area contributed by atoms with Gasteiger partial charge in [-0.2, -0.15) is 0 Å². The van der Waals surface area contributed by atoms with Gasteiger partial charge in [0.2, 0.25) is 0 Å². The van der Waals surface area contributed by atoms with E-state index in [2.05, 4.69) is 11.4 Å². The lowest BCUT2D eigenvalue weighted by molar-refractivity contribution is 0.0958. The molecule has 0 unspecified atom stereocenters. The molecule has 5 heteroatoms. The highest BCUT2D eigenvalue weighted by molar-refractivity contribution is 7.21. The number of ether oxygens (including phenoxy) is 1. The average molecular weight is 350 g/mol. The maximum atomic E-state index is 12.4. The number of allylic oxidation sites excluding steroid dienone is 1. The smallest absolute Gasteiger partial charge is 0.262 e. The first-order chi connectivity index (χ1) is 11.2. The number of methoxy groups -OCH3 is 1. The fraction of sp³-hybridized carbons (Fsp3) is 0.389. The van der Waals surface area contributed by atoms with Gasteiger partial charge in [-0.15, -0.1) is 11.3 Å². The molecule has 23 heavy (non-hydrogen) atoms. The van der Waals surface area contributed by atoms with Gasteiger partial charge in [0.25, 0.3) is 5.91 Å². The van der Waals surface area contributed by atoms with Gasteiger partial charge >= 0.3 is 0 Å². The Hall–Kier alpha value is -1.52. The Bertz CT molecular complexity index is 751. The molecule has 1 aliphatic carbocycles. The minimum absolute atomic E-state index is 0.0911. The first-order valence-electron chi connectivity index (χ1n) is 7.91. The molecule has 0 radical (unpaired) electrons. The van der Waals surface area contributed by atoms with Gasteiger partial charge in [-0.05, 0) is 50.3 Å². The quantitative estimate of drug-likeness (QED) is 0.755. The van der Waals surface area contributed by atoms with Crippen LogP contribution in [0.1, 0.15) is 41.8 Å². The summed E-state index contributed by atoms with van der Waals surface area (Å²) in [6.07, 6.45) is 8.14. The zero-order valence-electron chi connectivity index (χ0n) is 13.2. The number of rotatable bonds is 5. The summed E-state index contributed by atoms with van der Waals surface area (Å²) in [5.74, 6) is 0.653. The van der Waals surface area contributed by atoms with Crippen molar-refractivity contribution >= 4 is 38.9 Å². The second-order valence-electron chi connectivity index (χ2n) is 5.72. The predicted molar refractivity (Wildman–Crippen MR) is 96.9 cm³/mol. The van der Waals surface area contributed by atoms with Crippen molar-refractivity contribution in [3.63, 3.8) is 0 Å². The lowest BCUT2D eigenvalue weighted by Gasteiger charge is -2.12. The van der Waals surface area contributed by atoms with Crippen LogP contribution in [0, 0.1) is 0 Å². The number of carbonyl (C=O) groups is 1. The Balaban J connectivity index is 1.68. The molecule has 1 aromatic heterocycles. The van der Waals surface area contributed by atoms with Gasteiger partial charge in [0, 0.05) is 16.6 Å². The van der Waals surface area contributed by atoms with Crippen molar-refractivity contribution in [3.8, 4) is 5.75 Å². The Labute approximate surface area is 145 Å². The molecule has 0 spiro atoms. The number of amides is 1. The van der Waals surface area contributed by atoms with Gasteiger partial charge < -0.3 is 10.1 Å². The number of nitrogens with one attached hydrogen (secondary N) is 1. The van der Waals surface area contributed by atoms with Crippen LogP contribution in [0.2, 0.25) is 5.02 Å². The van der Waals surface area contributed by atoms with Crippen molar-refractivity contribution in [2.24, 2.45) is 0 Å². The molecular weight excluding hydrogens is 330 g/mol. The third-order valence-corrected chi connectivity index (χ3v) is 5.83. The van der Waals surface area contributed by atoms with Gasteiger partial charge in [-0.3, -0.25) is 4.79 Å². The van der Waals surface area contributed by atoms with Crippen LogP contribution in [0.25, 0.3) is 10.1 Å². The van der Waals surface area contributed by atoms with Crippen LogP contribution in [0.4, 0.5) is 0 Å². The van der Waals surface area contributed by atoms with Crippen molar-refractivity contribution in [2.45, 2.75) is 32.1 Å². The number of halogens is 1. The zero-order chi connectivity index (χ0) is 16.2. The highest BCUT2D eigenvalue weighted by Crippen LogP contribution is 2.37. The second-order valence-corrected chi connectivity index (χ2v) is 7.15. The van der Waals surface area contributed by atoms with Crippen molar-refractivity contribution in [3.05, 3.63) is 39.7 Å². The van der Waals surface area contributed by atoms with Gasteiger partial charge in [-0.1, -0.05) is 23.3 Å². The number of hydrogen-bond donors (Lipinski definition) is 1. The zero-order valence-corrected chi connectivity index (χ0v) is 14.7.